The van der Waals surface area contributed by atoms with Gasteiger partial charge in [-0.05, 0) is 52.3 Å². The second-order valence-electron chi connectivity index (χ2n) is 6.52. The Kier molecular flexibility index (Phi) is 3.93. The van der Waals surface area contributed by atoms with Gasteiger partial charge in [0, 0.05) is 25.2 Å². The lowest BCUT2D eigenvalue weighted by Gasteiger charge is -2.27. The predicted octanol–water partition coefficient (Wildman–Crippen LogP) is 2.12. The molecule has 2 aliphatic heterocycles. The van der Waals surface area contributed by atoms with Gasteiger partial charge in [0.15, 0.2) is 0 Å². The van der Waals surface area contributed by atoms with Crippen molar-refractivity contribution in [3.05, 3.63) is 12.1 Å². The van der Waals surface area contributed by atoms with Gasteiger partial charge in [-0.15, -0.1) is 0 Å². The van der Waals surface area contributed by atoms with E-state index in [1.807, 2.05) is 26.0 Å². The molecule has 5 heteroatoms. The van der Waals surface area contributed by atoms with E-state index in [9.17, 15) is 0 Å². The zero-order chi connectivity index (χ0) is 15.0. The highest BCUT2D eigenvalue weighted by Gasteiger charge is 2.35. The molecule has 3 heterocycles. The number of pyridine rings is 1. The molecule has 1 aromatic heterocycles. The number of aromatic nitrogens is 1. The van der Waals surface area contributed by atoms with Gasteiger partial charge < -0.3 is 15.4 Å². The number of nitrogens with zero attached hydrogens (tertiary/aromatic N) is 3. The third-order valence-electron chi connectivity index (χ3n) is 4.69. The van der Waals surface area contributed by atoms with E-state index in [2.05, 4.69) is 21.8 Å². The molecule has 2 aliphatic rings. The molecule has 0 radical (unpaired) electrons. The molecule has 0 amide bonds. The van der Waals surface area contributed by atoms with Crippen LogP contribution < -0.4 is 15.4 Å². The molecule has 2 bridgehead atoms. The Bertz CT molecular complexity index is 505. The summed E-state index contributed by atoms with van der Waals surface area (Å²) in [5.41, 5.74) is 6.58. The summed E-state index contributed by atoms with van der Waals surface area (Å²) in [7, 11) is 2.26. The van der Waals surface area contributed by atoms with Crippen molar-refractivity contribution in [2.45, 2.75) is 51.3 Å². The van der Waals surface area contributed by atoms with Crippen molar-refractivity contribution in [3.8, 4) is 5.88 Å². The van der Waals surface area contributed by atoms with Crippen LogP contribution in [0.5, 0.6) is 5.88 Å². The second-order valence-corrected chi connectivity index (χ2v) is 6.52. The molecule has 2 unspecified atom stereocenters. The molecule has 0 saturated carbocycles. The minimum Gasteiger partial charge on any atom is -0.473 e. The van der Waals surface area contributed by atoms with Crippen molar-refractivity contribution in [2.75, 3.05) is 30.8 Å². The van der Waals surface area contributed by atoms with Gasteiger partial charge in [0.25, 0.3) is 0 Å². The van der Waals surface area contributed by atoms with Crippen LogP contribution in [0.2, 0.25) is 0 Å². The lowest BCUT2D eigenvalue weighted by atomic mass is 10.1. The van der Waals surface area contributed by atoms with Crippen molar-refractivity contribution >= 4 is 11.5 Å². The number of fused-ring (bicyclic) bond motifs is 2. The van der Waals surface area contributed by atoms with E-state index in [1.54, 1.807) is 0 Å². The van der Waals surface area contributed by atoms with E-state index in [-0.39, 0.29) is 6.10 Å². The first kappa shape index (κ1) is 14.4. The second kappa shape index (κ2) is 5.72. The summed E-state index contributed by atoms with van der Waals surface area (Å²) in [5.74, 6) is 1.55. The molecular formula is C16H26N4O. The van der Waals surface area contributed by atoms with Crippen LogP contribution in [0.15, 0.2) is 12.1 Å². The largest absolute Gasteiger partial charge is 0.473 e. The monoisotopic (exact) mass is 290 g/mol. The Labute approximate surface area is 127 Å². The first-order valence-corrected chi connectivity index (χ1v) is 7.94. The van der Waals surface area contributed by atoms with E-state index in [0.29, 0.717) is 17.6 Å². The van der Waals surface area contributed by atoms with Crippen LogP contribution in [-0.2, 0) is 0 Å². The lowest BCUT2D eigenvalue weighted by Crippen LogP contribution is -2.37. The van der Waals surface area contributed by atoms with Crippen LogP contribution in [0.25, 0.3) is 0 Å². The summed E-state index contributed by atoms with van der Waals surface area (Å²) in [4.78, 5) is 9.57. The Morgan fingerprint density at radius 3 is 2.76 bits per heavy atom. The van der Waals surface area contributed by atoms with Crippen LogP contribution >= 0.6 is 0 Å². The average Bonchev–Trinajstić information content (AvgIpc) is 2.66. The van der Waals surface area contributed by atoms with Gasteiger partial charge in [0.05, 0.1) is 11.8 Å². The maximum atomic E-state index is 5.97. The Morgan fingerprint density at radius 2 is 2.00 bits per heavy atom. The Hall–Kier alpha value is -1.49. The molecule has 2 N–H and O–H groups in total. The summed E-state index contributed by atoms with van der Waals surface area (Å²) in [6, 6.07) is 5.31. The number of nitrogen functional groups attached to an aromatic ring is 1. The normalized spacial score (nSPS) is 26.2. The van der Waals surface area contributed by atoms with Gasteiger partial charge >= 0.3 is 0 Å². The number of rotatable bonds is 3. The molecule has 3 rings (SSSR count). The smallest absolute Gasteiger partial charge is 0.239 e. The number of hydrogen-bond donors (Lipinski definition) is 1. The quantitative estimate of drug-likeness (QED) is 0.924. The Balaban J connectivity index is 1.80. The fourth-order valence-electron chi connectivity index (χ4n) is 3.45. The molecule has 21 heavy (non-hydrogen) atoms. The van der Waals surface area contributed by atoms with E-state index in [1.165, 1.54) is 19.3 Å². The van der Waals surface area contributed by atoms with Crippen molar-refractivity contribution in [1.29, 1.82) is 0 Å². The summed E-state index contributed by atoms with van der Waals surface area (Å²) >= 11 is 0. The molecule has 5 nitrogen and oxygen atoms in total. The topological polar surface area (TPSA) is 54.6 Å². The van der Waals surface area contributed by atoms with Gasteiger partial charge in [0.1, 0.15) is 5.82 Å². The van der Waals surface area contributed by atoms with Crippen LogP contribution in [0.3, 0.4) is 0 Å². The maximum absolute atomic E-state index is 5.97. The van der Waals surface area contributed by atoms with Gasteiger partial charge in [-0.2, -0.15) is 4.98 Å². The minimum absolute atomic E-state index is 0.0846. The van der Waals surface area contributed by atoms with Crippen LogP contribution in [0.4, 0.5) is 11.5 Å². The first-order valence-electron chi connectivity index (χ1n) is 7.94. The molecule has 0 aromatic carbocycles. The molecule has 2 atom stereocenters. The summed E-state index contributed by atoms with van der Waals surface area (Å²) in [6.45, 7) is 6.09. The van der Waals surface area contributed by atoms with Crippen LogP contribution in [0.1, 0.15) is 33.1 Å². The van der Waals surface area contributed by atoms with Gasteiger partial charge in [0.2, 0.25) is 5.88 Å². The van der Waals surface area contributed by atoms with Gasteiger partial charge in [-0.1, -0.05) is 0 Å². The zero-order valence-electron chi connectivity index (χ0n) is 13.2. The molecule has 2 saturated heterocycles. The van der Waals surface area contributed by atoms with Crippen LogP contribution in [0, 0.1) is 0 Å². The Morgan fingerprint density at radius 1 is 1.24 bits per heavy atom. The fourth-order valence-corrected chi connectivity index (χ4v) is 3.45. The van der Waals surface area contributed by atoms with Gasteiger partial charge in [-0.3, -0.25) is 4.90 Å². The molecular weight excluding hydrogens is 264 g/mol. The number of hydrogen-bond acceptors (Lipinski definition) is 5. The zero-order valence-corrected chi connectivity index (χ0v) is 13.2. The molecule has 1 aromatic rings. The van der Waals surface area contributed by atoms with Crippen molar-refractivity contribution in [3.63, 3.8) is 0 Å². The van der Waals surface area contributed by atoms with Crippen molar-refractivity contribution in [2.24, 2.45) is 0 Å². The summed E-state index contributed by atoms with van der Waals surface area (Å²) < 4.78 is 5.72. The molecule has 0 spiro atoms. The van der Waals surface area contributed by atoms with E-state index >= 15 is 0 Å². The van der Waals surface area contributed by atoms with Gasteiger partial charge in [-0.25, -0.2) is 0 Å². The summed E-state index contributed by atoms with van der Waals surface area (Å²) in [6.07, 6.45) is 3.93. The summed E-state index contributed by atoms with van der Waals surface area (Å²) in [5, 5.41) is 0. The number of nitrogens with two attached hydrogens (primary N) is 1. The predicted molar refractivity (Wildman–Crippen MR) is 85.8 cm³/mol. The number of likely N-dealkylation sites (N-methyl/N-ethyl adjacent to an activating group) is 1. The number of anilines is 2. The van der Waals surface area contributed by atoms with Crippen LogP contribution in [-0.4, -0.2) is 48.2 Å². The highest BCUT2D eigenvalue weighted by Crippen LogP contribution is 2.31. The minimum atomic E-state index is 0.0846. The molecule has 0 aliphatic carbocycles. The lowest BCUT2D eigenvalue weighted by molar-refractivity contribution is 0.234. The maximum Gasteiger partial charge on any atom is 0.239 e. The highest BCUT2D eigenvalue weighted by molar-refractivity contribution is 5.54. The van der Waals surface area contributed by atoms with E-state index in [4.69, 9.17) is 10.5 Å². The number of ether oxygens (including phenoxy) is 1. The van der Waals surface area contributed by atoms with Crippen molar-refractivity contribution in [1.82, 2.24) is 9.88 Å². The molecule has 116 valence electrons. The third-order valence-corrected chi connectivity index (χ3v) is 4.69. The SMILES string of the molecule is CC(C)Oc1nc(N2CCC3CCC(C2)N3C)ccc1N. The fraction of sp³-hybridized carbons (Fsp3) is 0.688. The third kappa shape index (κ3) is 2.93. The van der Waals surface area contributed by atoms with Crippen molar-refractivity contribution < 1.29 is 4.74 Å². The highest BCUT2D eigenvalue weighted by atomic mass is 16.5. The van der Waals surface area contributed by atoms with E-state index < -0.39 is 0 Å². The standard InChI is InChI=1S/C16H26N4O/c1-11(2)21-16-14(17)6-7-15(18-16)20-9-8-12-4-5-13(10-20)19(12)3/h6-7,11-13H,4-5,8-10,17H2,1-3H3. The average molecular weight is 290 g/mol. The molecule has 2 fully saturated rings. The van der Waals surface area contributed by atoms with E-state index in [0.717, 1.165) is 24.9 Å². The first-order chi connectivity index (χ1) is 10.0.